The van der Waals surface area contributed by atoms with E-state index in [0.29, 0.717) is 18.2 Å². The second-order valence-electron chi connectivity index (χ2n) is 6.39. The highest BCUT2D eigenvalue weighted by molar-refractivity contribution is 7.99. The lowest BCUT2D eigenvalue weighted by atomic mass is 10.2. The number of thiazole rings is 1. The molecule has 1 aliphatic rings. The molecule has 4 rings (SSSR count). The summed E-state index contributed by atoms with van der Waals surface area (Å²) in [4.78, 5) is 18.8. The zero-order valence-electron chi connectivity index (χ0n) is 14.9. The average molecular weight is 405 g/mol. The first-order valence-corrected chi connectivity index (χ1v) is 10.6. The summed E-state index contributed by atoms with van der Waals surface area (Å²) in [6.45, 7) is 1.93. The van der Waals surface area contributed by atoms with Gasteiger partial charge in [-0.3, -0.25) is 4.79 Å². The third kappa shape index (κ3) is 4.45. The number of fused-ring (bicyclic) bond motifs is 1. The van der Waals surface area contributed by atoms with Crippen molar-refractivity contribution in [2.45, 2.75) is 37.2 Å². The molecule has 27 heavy (non-hydrogen) atoms. The van der Waals surface area contributed by atoms with Crippen molar-refractivity contribution in [1.29, 1.82) is 0 Å². The monoisotopic (exact) mass is 404 g/mol. The number of thioether (sulfide) groups is 1. The zero-order chi connectivity index (χ0) is 18.6. The van der Waals surface area contributed by atoms with Gasteiger partial charge in [-0.15, -0.1) is 16.4 Å². The van der Waals surface area contributed by atoms with Gasteiger partial charge >= 0.3 is 0 Å². The third-order valence-corrected chi connectivity index (χ3v) is 6.32. The minimum Gasteiger partial charge on any atom is -0.376 e. The van der Waals surface area contributed by atoms with Crippen LogP contribution in [0.3, 0.4) is 0 Å². The molecule has 0 saturated carbocycles. The number of amides is 1. The molecular weight excluding hydrogens is 384 g/mol. The molecule has 1 amide bonds. The van der Waals surface area contributed by atoms with Crippen LogP contribution in [0.2, 0.25) is 0 Å². The molecule has 3 aromatic rings. The van der Waals surface area contributed by atoms with Crippen LogP contribution in [-0.2, 0) is 22.6 Å². The number of benzene rings is 1. The Morgan fingerprint density at radius 1 is 1.44 bits per heavy atom. The Bertz CT molecular complexity index is 888. The Balaban J connectivity index is 1.31. The van der Waals surface area contributed by atoms with Crippen LogP contribution in [0, 0.1) is 0 Å². The predicted octanol–water partition coefficient (Wildman–Crippen LogP) is 2.21. The summed E-state index contributed by atoms with van der Waals surface area (Å²) in [5, 5.41) is 13.4. The Labute approximate surface area is 164 Å². The first-order valence-electron chi connectivity index (χ1n) is 8.78. The number of carbonyl (C=O) groups is 1. The maximum atomic E-state index is 12.5. The first-order chi connectivity index (χ1) is 13.2. The molecule has 0 N–H and O–H groups in total. The van der Waals surface area contributed by atoms with Crippen molar-refractivity contribution in [2.24, 2.45) is 0 Å². The van der Waals surface area contributed by atoms with Crippen LogP contribution < -0.4 is 0 Å². The summed E-state index contributed by atoms with van der Waals surface area (Å²) in [5.74, 6) is 0.304. The largest absolute Gasteiger partial charge is 0.376 e. The van der Waals surface area contributed by atoms with E-state index in [1.54, 1.807) is 28.0 Å². The van der Waals surface area contributed by atoms with E-state index in [1.807, 2.05) is 24.3 Å². The van der Waals surface area contributed by atoms with Gasteiger partial charge in [0, 0.05) is 13.7 Å². The molecule has 10 heteroatoms. The molecule has 1 atom stereocenters. The number of hydrogen-bond donors (Lipinski definition) is 0. The smallest absolute Gasteiger partial charge is 0.233 e. The molecule has 0 bridgehead atoms. The topological polar surface area (TPSA) is 86.0 Å². The van der Waals surface area contributed by atoms with E-state index in [9.17, 15) is 4.79 Å². The van der Waals surface area contributed by atoms with E-state index < -0.39 is 0 Å². The van der Waals surface area contributed by atoms with Gasteiger partial charge in [0.15, 0.2) is 0 Å². The summed E-state index contributed by atoms with van der Waals surface area (Å²) in [6, 6.07) is 8.00. The van der Waals surface area contributed by atoms with E-state index in [1.165, 1.54) is 11.8 Å². The highest BCUT2D eigenvalue weighted by Crippen LogP contribution is 2.23. The highest BCUT2D eigenvalue weighted by atomic mass is 32.2. The Kier molecular flexibility index (Phi) is 5.65. The molecule has 1 aromatic carbocycles. The molecule has 2 aromatic heterocycles. The number of para-hydroxylation sites is 1. The van der Waals surface area contributed by atoms with Crippen molar-refractivity contribution in [3.8, 4) is 0 Å². The molecule has 0 radical (unpaired) electrons. The van der Waals surface area contributed by atoms with Gasteiger partial charge in [0.25, 0.3) is 0 Å². The maximum absolute atomic E-state index is 12.5. The van der Waals surface area contributed by atoms with Gasteiger partial charge in [0.1, 0.15) is 5.01 Å². The number of tetrazole rings is 1. The highest BCUT2D eigenvalue weighted by Gasteiger charge is 2.20. The molecule has 3 heterocycles. The number of ether oxygens (including phenoxy) is 1. The predicted molar refractivity (Wildman–Crippen MR) is 104 cm³/mol. The van der Waals surface area contributed by atoms with E-state index in [0.717, 1.165) is 34.7 Å². The molecule has 1 aliphatic heterocycles. The van der Waals surface area contributed by atoms with Gasteiger partial charge in [-0.1, -0.05) is 23.9 Å². The maximum Gasteiger partial charge on any atom is 0.233 e. The lowest BCUT2D eigenvalue weighted by Gasteiger charge is -2.15. The van der Waals surface area contributed by atoms with Crippen LogP contribution >= 0.6 is 23.1 Å². The van der Waals surface area contributed by atoms with E-state index >= 15 is 0 Å². The summed E-state index contributed by atoms with van der Waals surface area (Å²) in [5.41, 5.74) is 0.973. The van der Waals surface area contributed by atoms with Crippen molar-refractivity contribution in [2.75, 3.05) is 19.4 Å². The van der Waals surface area contributed by atoms with Gasteiger partial charge < -0.3 is 9.64 Å². The molecule has 8 nitrogen and oxygen atoms in total. The van der Waals surface area contributed by atoms with Crippen molar-refractivity contribution < 1.29 is 9.53 Å². The van der Waals surface area contributed by atoms with Crippen LogP contribution in [0.25, 0.3) is 10.2 Å². The number of hydrogen-bond acceptors (Lipinski definition) is 8. The Morgan fingerprint density at radius 2 is 2.33 bits per heavy atom. The fraction of sp³-hybridized carbons (Fsp3) is 0.471. The second-order valence-corrected chi connectivity index (χ2v) is 8.45. The van der Waals surface area contributed by atoms with Gasteiger partial charge in [0.2, 0.25) is 11.1 Å². The second kappa shape index (κ2) is 8.32. The average Bonchev–Trinajstić information content (AvgIpc) is 3.40. The normalized spacial score (nSPS) is 16.9. The van der Waals surface area contributed by atoms with Crippen LogP contribution in [0.1, 0.15) is 17.8 Å². The van der Waals surface area contributed by atoms with Crippen molar-refractivity contribution in [1.82, 2.24) is 30.1 Å². The van der Waals surface area contributed by atoms with Crippen molar-refractivity contribution in [3.05, 3.63) is 29.3 Å². The van der Waals surface area contributed by atoms with Crippen LogP contribution in [-0.4, -0.2) is 61.5 Å². The summed E-state index contributed by atoms with van der Waals surface area (Å²) in [6.07, 6.45) is 2.25. The Hall–Kier alpha value is -2.04. The lowest BCUT2D eigenvalue weighted by molar-refractivity contribution is -0.127. The fourth-order valence-electron chi connectivity index (χ4n) is 2.91. The van der Waals surface area contributed by atoms with Crippen LogP contribution in [0.15, 0.2) is 29.4 Å². The van der Waals surface area contributed by atoms with Crippen LogP contribution in [0.4, 0.5) is 0 Å². The number of rotatable bonds is 7. The third-order valence-electron chi connectivity index (χ3n) is 4.36. The number of carbonyl (C=O) groups excluding carboxylic acids is 1. The van der Waals surface area contributed by atoms with Crippen molar-refractivity contribution in [3.63, 3.8) is 0 Å². The number of aromatic nitrogens is 5. The van der Waals surface area contributed by atoms with Crippen molar-refractivity contribution >= 4 is 39.2 Å². The summed E-state index contributed by atoms with van der Waals surface area (Å²) < 4.78 is 8.49. The molecular formula is C17H20N6O2S2. The van der Waals surface area contributed by atoms with E-state index in [2.05, 4.69) is 20.5 Å². The zero-order valence-corrected chi connectivity index (χ0v) is 16.6. The standard InChI is InChI=1S/C17H20N6O2S2/c1-22(10-15-18-13-6-2-3-7-14(13)27-15)16(24)11-26-17-19-20-21-23(17)9-12-5-4-8-25-12/h2-3,6-7,12H,4-5,8-11H2,1H3. The summed E-state index contributed by atoms with van der Waals surface area (Å²) >= 11 is 2.97. The first kappa shape index (κ1) is 18.3. The van der Waals surface area contributed by atoms with Gasteiger partial charge in [-0.25, -0.2) is 9.67 Å². The SMILES string of the molecule is CN(Cc1nc2ccccc2s1)C(=O)CSc1nnnn1CC1CCCO1. The molecule has 1 saturated heterocycles. The molecule has 0 aliphatic carbocycles. The van der Waals surface area contributed by atoms with Gasteiger partial charge in [-0.2, -0.15) is 0 Å². The lowest BCUT2D eigenvalue weighted by Crippen LogP contribution is -2.28. The molecule has 142 valence electrons. The van der Waals surface area contributed by atoms with Gasteiger partial charge in [0.05, 0.1) is 35.2 Å². The van der Waals surface area contributed by atoms with E-state index in [4.69, 9.17) is 4.74 Å². The minimum absolute atomic E-state index is 0.0194. The minimum atomic E-state index is 0.0194. The molecule has 0 spiro atoms. The Morgan fingerprint density at radius 3 is 3.15 bits per heavy atom. The molecule has 1 unspecified atom stereocenters. The fourth-order valence-corrected chi connectivity index (χ4v) is 4.76. The number of nitrogens with zero attached hydrogens (tertiary/aromatic N) is 6. The van der Waals surface area contributed by atoms with Gasteiger partial charge in [-0.05, 0) is 35.4 Å². The summed E-state index contributed by atoms with van der Waals surface area (Å²) in [7, 11) is 1.80. The van der Waals surface area contributed by atoms with E-state index in [-0.39, 0.29) is 17.8 Å². The van der Waals surface area contributed by atoms with Crippen LogP contribution in [0.5, 0.6) is 0 Å². The quantitative estimate of drug-likeness (QED) is 0.558. The molecule has 1 fully saturated rings.